The lowest BCUT2D eigenvalue weighted by molar-refractivity contribution is -0.139. The van der Waals surface area contributed by atoms with Gasteiger partial charge in [0.2, 0.25) is 11.1 Å². The summed E-state index contributed by atoms with van der Waals surface area (Å²) >= 11 is 1.53. The standard InChI is InChI=1S/C23H24N4O3S/c1-3-13-30-21(29)19-15(2)24-22-25-23(31-14-16-7-5-4-6-8-16)26-27(22)20(19)17-9-11-18(28)12-10-17/h4-12,20,28H,3,13-14H2,1-2H3,(H,24,25,26). The minimum Gasteiger partial charge on any atom is -0.508 e. The maximum absolute atomic E-state index is 12.9. The first-order chi connectivity index (χ1) is 15.1. The Labute approximate surface area is 185 Å². The van der Waals surface area contributed by atoms with Crippen LogP contribution in [0.1, 0.15) is 37.4 Å². The maximum Gasteiger partial charge on any atom is 0.338 e. The molecule has 4 rings (SSSR count). The van der Waals surface area contributed by atoms with Gasteiger partial charge in [-0.1, -0.05) is 61.2 Å². The van der Waals surface area contributed by atoms with Crippen molar-refractivity contribution in [1.29, 1.82) is 0 Å². The number of thioether (sulfide) groups is 1. The van der Waals surface area contributed by atoms with Crippen molar-refractivity contribution in [1.82, 2.24) is 14.8 Å². The van der Waals surface area contributed by atoms with Crippen molar-refractivity contribution in [2.75, 3.05) is 11.9 Å². The molecular weight excluding hydrogens is 412 g/mol. The van der Waals surface area contributed by atoms with Crippen molar-refractivity contribution >= 4 is 23.7 Å². The molecule has 8 heteroatoms. The molecule has 3 aromatic rings. The molecule has 31 heavy (non-hydrogen) atoms. The molecule has 0 aliphatic carbocycles. The highest BCUT2D eigenvalue weighted by molar-refractivity contribution is 7.98. The largest absolute Gasteiger partial charge is 0.508 e. The quantitative estimate of drug-likeness (QED) is 0.416. The van der Waals surface area contributed by atoms with Gasteiger partial charge in [-0.25, -0.2) is 9.48 Å². The Morgan fingerprint density at radius 1 is 1.19 bits per heavy atom. The fourth-order valence-corrected chi connectivity index (χ4v) is 4.20. The third-order valence-corrected chi connectivity index (χ3v) is 5.82. The fourth-order valence-electron chi connectivity index (χ4n) is 3.42. The number of allylic oxidation sites excluding steroid dienone is 1. The van der Waals surface area contributed by atoms with Crippen molar-refractivity contribution < 1.29 is 14.6 Å². The number of rotatable bonds is 7. The third kappa shape index (κ3) is 4.59. The predicted molar refractivity (Wildman–Crippen MR) is 120 cm³/mol. The highest BCUT2D eigenvalue weighted by Crippen LogP contribution is 2.37. The summed E-state index contributed by atoms with van der Waals surface area (Å²) < 4.78 is 7.17. The van der Waals surface area contributed by atoms with Gasteiger partial charge in [0.1, 0.15) is 11.8 Å². The SMILES string of the molecule is CCCOC(=O)C1=C(C)Nc2nc(SCc3ccccc3)nn2C1c1ccc(O)cc1. The topological polar surface area (TPSA) is 89.3 Å². The van der Waals surface area contributed by atoms with Crippen molar-refractivity contribution in [3.8, 4) is 5.75 Å². The Morgan fingerprint density at radius 2 is 1.94 bits per heavy atom. The van der Waals surface area contributed by atoms with Gasteiger partial charge in [-0.05, 0) is 36.6 Å². The van der Waals surface area contributed by atoms with E-state index in [-0.39, 0.29) is 11.7 Å². The van der Waals surface area contributed by atoms with Crippen LogP contribution in [0.15, 0.2) is 71.0 Å². The second-order valence-electron chi connectivity index (χ2n) is 7.23. The molecule has 1 aliphatic rings. The van der Waals surface area contributed by atoms with Crippen LogP contribution in [0.3, 0.4) is 0 Å². The zero-order valence-corrected chi connectivity index (χ0v) is 18.2. The number of anilines is 1. The number of hydrogen-bond donors (Lipinski definition) is 2. The molecule has 2 aromatic carbocycles. The number of carbonyl (C=O) groups is 1. The number of phenolic OH excluding ortho intramolecular Hbond substituents is 1. The van der Waals surface area contributed by atoms with Crippen molar-refractivity contribution in [3.63, 3.8) is 0 Å². The molecule has 0 fully saturated rings. The first-order valence-electron chi connectivity index (χ1n) is 10.1. The molecule has 0 amide bonds. The summed E-state index contributed by atoms with van der Waals surface area (Å²) in [6, 6.07) is 16.4. The number of nitrogens with zero attached hydrogens (tertiary/aromatic N) is 3. The second-order valence-corrected chi connectivity index (χ2v) is 8.17. The first kappa shape index (κ1) is 21.0. The van der Waals surface area contributed by atoms with Crippen LogP contribution in [-0.2, 0) is 15.3 Å². The fraction of sp³-hybridized carbons (Fsp3) is 0.261. The van der Waals surface area contributed by atoms with Crippen LogP contribution in [0, 0.1) is 0 Å². The Balaban J connectivity index is 1.68. The predicted octanol–water partition coefficient (Wildman–Crippen LogP) is 4.52. The molecule has 0 saturated heterocycles. The van der Waals surface area contributed by atoms with E-state index in [0.717, 1.165) is 17.7 Å². The third-order valence-electron chi connectivity index (χ3n) is 4.91. The van der Waals surface area contributed by atoms with Gasteiger partial charge < -0.3 is 15.2 Å². The number of carbonyl (C=O) groups excluding carboxylic acids is 1. The van der Waals surface area contributed by atoms with Crippen molar-refractivity contribution in [2.24, 2.45) is 0 Å². The van der Waals surface area contributed by atoms with E-state index < -0.39 is 6.04 Å². The van der Waals surface area contributed by atoms with E-state index in [1.807, 2.05) is 32.0 Å². The number of ether oxygens (including phenoxy) is 1. The number of aromatic hydroxyl groups is 1. The van der Waals surface area contributed by atoms with Gasteiger partial charge in [-0.15, -0.1) is 5.10 Å². The van der Waals surface area contributed by atoms with E-state index >= 15 is 0 Å². The van der Waals surface area contributed by atoms with Gasteiger partial charge >= 0.3 is 5.97 Å². The summed E-state index contributed by atoms with van der Waals surface area (Å²) in [5.74, 6) is 1.08. The summed E-state index contributed by atoms with van der Waals surface area (Å²) in [6.07, 6.45) is 0.740. The van der Waals surface area contributed by atoms with Gasteiger partial charge in [0.05, 0.1) is 12.2 Å². The summed E-state index contributed by atoms with van der Waals surface area (Å²) in [5, 5.41) is 18.2. The van der Waals surface area contributed by atoms with Crippen molar-refractivity contribution in [3.05, 3.63) is 77.0 Å². The van der Waals surface area contributed by atoms with E-state index in [4.69, 9.17) is 9.84 Å². The zero-order chi connectivity index (χ0) is 21.8. The monoisotopic (exact) mass is 436 g/mol. The van der Waals surface area contributed by atoms with E-state index in [9.17, 15) is 9.90 Å². The molecule has 7 nitrogen and oxygen atoms in total. The second kappa shape index (κ2) is 9.26. The molecule has 2 N–H and O–H groups in total. The first-order valence-corrected chi connectivity index (χ1v) is 11.1. The molecule has 0 bridgehead atoms. The number of nitrogens with one attached hydrogen (secondary N) is 1. The molecule has 0 saturated carbocycles. The summed E-state index contributed by atoms with van der Waals surface area (Å²) in [6.45, 7) is 4.14. The van der Waals surface area contributed by atoms with Crippen LogP contribution in [0.4, 0.5) is 5.95 Å². The molecule has 2 heterocycles. The lowest BCUT2D eigenvalue weighted by Crippen LogP contribution is -2.29. The molecule has 1 aliphatic heterocycles. The highest BCUT2D eigenvalue weighted by atomic mass is 32.2. The van der Waals surface area contributed by atoms with E-state index in [2.05, 4.69) is 22.4 Å². The molecule has 1 unspecified atom stereocenters. The molecule has 0 spiro atoms. The minimum absolute atomic E-state index is 0.159. The number of esters is 1. The van der Waals surface area contributed by atoms with E-state index in [1.54, 1.807) is 28.9 Å². The van der Waals surface area contributed by atoms with Crippen LogP contribution < -0.4 is 5.32 Å². The van der Waals surface area contributed by atoms with Gasteiger partial charge in [0, 0.05) is 11.4 Å². The summed E-state index contributed by atoms with van der Waals surface area (Å²) in [7, 11) is 0. The molecule has 0 radical (unpaired) electrons. The van der Waals surface area contributed by atoms with Crippen molar-refractivity contribution in [2.45, 2.75) is 37.2 Å². The highest BCUT2D eigenvalue weighted by Gasteiger charge is 2.35. The van der Waals surface area contributed by atoms with E-state index in [0.29, 0.717) is 29.0 Å². The van der Waals surface area contributed by atoms with Gasteiger partial charge in [0.15, 0.2) is 0 Å². The van der Waals surface area contributed by atoms with Crippen LogP contribution in [0.5, 0.6) is 5.75 Å². The van der Waals surface area contributed by atoms with Gasteiger partial charge in [-0.3, -0.25) is 0 Å². The average Bonchev–Trinajstić information content (AvgIpc) is 3.19. The number of phenols is 1. The number of aromatic nitrogens is 3. The Kier molecular flexibility index (Phi) is 6.27. The Hall–Kier alpha value is -3.26. The molecule has 160 valence electrons. The minimum atomic E-state index is -0.500. The number of hydrogen-bond acceptors (Lipinski definition) is 7. The lowest BCUT2D eigenvalue weighted by atomic mass is 9.96. The Bertz CT molecular complexity index is 1090. The van der Waals surface area contributed by atoms with Crippen LogP contribution in [0.2, 0.25) is 0 Å². The van der Waals surface area contributed by atoms with Gasteiger partial charge in [0.25, 0.3) is 0 Å². The Morgan fingerprint density at radius 3 is 2.65 bits per heavy atom. The van der Waals surface area contributed by atoms with Gasteiger partial charge in [-0.2, -0.15) is 4.98 Å². The summed E-state index contributed by atoms with van der Waals surface area (Å²) in [5.41, 5.74) is 3.16. The molecule has 1 aromatic heterocycles. The number of fused-ring (bicyclic) bond motifs is 1. The smallest absolute Gasteiger partial charge is 0.338 e. The summed E-state index contributed by atoms with van der Waals surface area (Å²) in [4.78, 5) is 17.5. The maximum atomic E-state index is 12.9. The molecular formula is C23H24N4O3S. The normalized spacial score (nSPS) is 15.4. The molecule has 1 atom stereocenters. The zero-order valence-electron chi connectivity index (χ0n) is 17.4. The van der Waals surface area contributed by atoms with Crippen LogP contribution in [-0.4, -0.2) is 32.4 Å². The van der Waals surface area contributed by atoms with Crippen LogP contribution >= 0.6 is 11.8 Å². The average molecular weight is 437 g/mol. The lowest BCUT2D eigenvalue weighted by Gasteiger charge is -2.28. The van der Waals surface area contributed by atoms with E-state index in [1.165, 1.54) is 17.3 Å². The van der Waals surface area contributed by atoms with Crippen LogP contribution in [0.25, 0.3) is 0 Å². The number of benzene rings is 2.